The van der Waals surface area contributed by atoms with Crippen LogP contribution in [0, 0.1) is 5.92 Å². The molecular formula is C23H25Cl2N5O3S. The number of methoxy groups -OCH3 is 1. The number of hydrogen-bond donors (Lipinski definition) is 2. The van der Waals surface area contributed by atoms with Gasteiger partial charge >= 0.3 is 0 Å². The lowest BCUT2D eigenvalue weighted by Crippen LogP contribution is -2.33. The molecule has 180 valence electrons. The zero-order valence-electron chi connectivity index (χ0n) is 19.1. The molecule has 0 spiro atoms. The Balaban J connectivity index is 1.66. The number of rotatable bonds is 9. The maximum absolute atomic E-state index is 12.8. The number of ether oxygens (including phenoxy) is 1. The van der Waals surface area contributed by atoms with Crippen molar-refractivity contribution >= 4 is 52.5 Å². The first-order valence-electron chi connectivity index (χ1n) is 10.4. The summed E-state index contributed by atoms with van der Waals surface area (Å²) < 4.78 is 6.92. The summed E-state index contributed by atoms with van der Waals surface area (Å²) >= 11 is 13.3. The molecule has 34 heavy (non-hydrogen) atoms. The average molecular weight is 522 g/mol. The van der Waals surface area contributed by atoms with E-state index in [9.17, 15) is 9.59 Å². The molecule has 2 N–H and O–H groups in total. The van der Waals surface area contributed by atoms with Crippen molar-refractivity contribution in [3.8, 4) is 5.75 Å². The van der Waals surface area contributed by atoms with E-state index in [1.165, 1.54) is 11.8 Å². The summed E-state index contributed by atoms with van der Waals surface area (Å²) in [6.07, 6.45) is 0. The zero-order chi connectivity index (χ0) is 24.8. The van der Waals surface area contributed by atoms with Gasteiger partial charge in [-0.3, -0.25) is 9.59 Å². The first-order valence-corrected chi connectivity index (χ1v) is 12.2. The first kappa shape index (κ1) is 25.9. The van der Waals surface area contributed by atoms with E-state index < -0.39 is 0 Å². The van der Waals surface area contributed by atoms with E-state index in [1.807, 2.05) is 13.8 Å². The smallest absolute Gasteiger partial charge is 0.251 e. The van der Waals surface area contributed by atoms with Gasteiger partial charge in [0.15, 0.2) is 11.0 Å². The third-order valence-corrected chi connectivity index (χ3v) is 6.57. The molecule has 0 saturated heterocycles. The number of hydrogen-bond acceptors (Lipinski definition) is 6. The molecule has 0 radical (unpaired) electrons. The third-order valence-electron chi connectivity index (χ3n) is 4.99. The quantitative estimate of drug-likeness (QED) is 0.385. The Morgan fingerprint density at radius 1 is 1.12 bits per heavy atom. The Morgan fingerprint density at radius 3 is 2.47 bits per heavy atom. The lowest BCUT2D eigenvalue weighted by Gasteiger charge is -2.21. The van der Waals surface area contributed by atoms with Gasteiger partial charge in [0, 0.05) is 17.6 Å². The van der Waals surface area contributed by atoms with E-state index >= 15 is 0 Å². The number of amides is 2. The number of benzene rings is 2. The number of thioether (sulfide) groups is 1. The first-order chi connectivity index (χ1) is 16.2. The van der Waals surface area contributed by atoms with Crippen LogP contribution in [0.1, 0.15) is 36.1 Å². The molecular weight excluding hydrogens is 497 g/mol. The number of anilines is 1. The van der Waals surface area contributed by atoms with Crippen LogP contribution in [0.4, 0.5) is 5.69 Å². The highest BCUT2D eigenvalue weighted by Crippen LogP contribution is 2.27. The topological polar surface area (TPSA) is 98.1 Å². The van der Waals surface area contributed by atoms with Gasteiger partial charge in [-0.2, -0.15) is 0 Å². The van der Waals surface area contributed by atoms with Crippen molar-refractivity contribution in [1.29, 1.82) is 0 Å². The van der Waals surface area contributed by atoms with Gasteiger partial charge in [-0.1, -0.05) is 48.8 Å². The largest absolute Gasteiger partial charge is 0.497 e. The van der Waals surface area contributed by atoms with Gasteiger partial charge in [-0.05, 0) is 48.4 Å². The van der Waals surface area contributed by atoms with Gasteiger partial charge in [-0.25, -0.2) is 0 Å². The van der Waals surface area contributed by atoms with Gasteiger partial charge in [0.05, 0.1) is 29.6 Å². The second-order valence-electron chi connectivity index (χ2n) is 7.78. The summed E-state index contributed by atoms with van der Waals surface area (Å²) in [5.41, 5.74) is 0.958. The van der Waals surface area contributed by atoms with Crippen LogP contribution in [0.3, 0.4) is 0 Å². The normalized spacial score (nSPS) is 11.9. The second-order valence-corrected chi connectivity index (χ2v) is 9.57. The number of nitrogens with zero attached hydrogens (tertiary/aromatic N) is 3. The molecule has 0 aliphatic carbocycles. The molecule has 11 heteroatoms. The van der Waals surface area contributed by atoms with Crippen LogP contribution in [0.15, 0.2) is 47.6 Å². The SMILES string of the molecule is COc1ccc(C(=O)NC(c2nnc(SCC(=O)Nc3cc(Cl)ccc3Cl)n2C)C(C)C)cc1. The summed E-state index contributed by atoms with van der Waals surface area (Å²) in [4.78, 5) is 25.2. The van der Waals surface area contributed by atoms with Crippen molar-refractivity contribution < 1.29 is 14.3 Å². The average Bonchev–Trinajstić information content (AvgIpc) is 3.18. The van der Waals surface area contributed by atoms with Crippen LogP contribution in [0.5, 0.6) is 5.75 Å². The van der Waals surface area contributed by atoms with Crippen LogP contribution in [0.25, 0.3) is 0 Å². The van der Waals surface area contributed by atoms with Crippen LogP contribution in [-0.4, -0.2) is 39.4 Å². The fourth-order valence-electron chi connectivity index (χ4n) is 3.13. The molecule has 0 saturated carbocycles. The molecule has 1 heterocycles. The Kier molecular flexibility index (Phi) is 8.82. The molecule has 1 unspecified atom stereocenters. The van der Waals surface area contributed by atoms with Gasteiger partial charge in [0.25, 0.3) is 5.91 Å². The predicted molar refractivity (Wildman–Crippen MR) is 135 cm³/mol. The molecule has 0 aliphatic rings. The van der Waals surface area contributed by atoms with Crippen molar-refractivity contribution in [1.82, 2.24) is 20.1 Å². The van der Waals surface area contributed by atoms with Crippen molar-refractivity contribution in [2.24, 2.45) is 13.0 Å². The molecule has 1 aromatic heterocycles. The molecule has 0 aliphatic heterocycles. The standard InChI is InChI=1S/C23H25Cl2N5O3S/c1-13(2)20(27-22(32)14-5-8-16(33-4)9-6-14)21-28-29-23(30(21)3)34-12-19(31)26-18-11-15(24)7-10-17(18)25/h5-11,13,20H,12H2,1-4H3,(H,26,31)(H,27,32). The van der Waals surface area contributed by atoms with Gasteiger partial charge in [0.1, 0.15) is 5.75 Å². The lowest BCUT2D eigenvalue weighted by molar-refractivity contribution is -0.113. The highest BCUT2D eigenvalue weighted by Gasteiger charge is 2.25. The number of carbonyl (C=O) groups excluding carboxylic acids is 2. The third kappa shape index (κ3) is 6.43. The molecule has 0 bridgehead atoms. The van der Waals surface area contributed by atoms with E-state index in [1.54, 1.807) is 61.2 Å². The molecule has 3 rings (SSSR count). The van der Waals surface area contributed by atoms with Crippen LogP contribution < -0.4 is 15.4 Å². The molecule has 3 aromatic rings. The minimum Gasteiger partial charge on any atom is -0.497 e. The highest BCUT2D eigenvalue weighted by atomic mass is 35.5. The van der Waals surface area contributed by atoms with Crippen LogP contribution in [-0.2, 0) is 11.8 Å². The van der Waals surface area contributed by atoms with E-state index in [0.29, 0.717) is 38.0 Å². The number of halogens is 2. The second kappa shape index (κ2) is 11.6. The predicted octanol–water partition coefficient (Wildman–Crippen LogP) is 4.99. The van der Waals surface area contributed by atoms with Crippen molar-refractivity contribution in [2.75, 3.05) is 18.2 Å². The number of nitrogens with one attached hydrogen (secondary N) is 2. The minimum atomic E-state index is -0.374. The Morgan fingerprint density at radius 2 is 1.82 bits per heavy atom. The van der Waals surface area contributed by atoms with Crippen LogP contribution in [0.2, 0.25) is 10.0 Å². The highest BCUT2D eigenvalue weighted by molar-refractivity contribution is 7.99. The summed E-state index contributed by atoms with van der Waals surface area (Å²) in [5, 5.41) is 15.7. The van der Waals surface area contributed by atoms with Crippen molar-refractivity contribution in [3.05, 3.63) is 63.9 Å². The van der Waals surface area contributed by atoms with Crippen LogP contribution >= 0.6 is 35.0 Å². The van der Waals surface area contributed by atoms with Crippen molar-refractivity contribution in [2.45, 2.75) is 25.0 Å². The minimum absolute atomic E-state index is 0.0521. The van der Waals surface area contributed by atoms with E-state index in [4.69, 9.17) is 27.9 Å². The van der Waals surface area contributed by atoms with E-state index in [2.05, 4.69) is 20.8 Å². The van der Waals surface area contributed by atoms with E-state index in [0.717, 1.165) is 0 Å². The molecule has 8 nitrogen and oxygen atoms in total. The Bertz CT molecular complexity index is 1170. The van der Waals surface area contributed by atoms with Gasteiger partial charge in [-0.15, -0.1) is 10.2 Å². The Labute approximate surface area is 212 Å². The number of aromatic nitrogens is 3. The fourth-order valence-corrected chi connectivity index (χ4v) is 4.18. The molecule has 1 atom stereocenters. The van der Waals surface area contributed by atoms with E-state index in [-0.39, 0.29) is 29.5 Å². The van der Waals surface area contributed by atoms with Gasteiger partial charge < -0.3 is 19.9 Å². The molecule has 0 fully saturated rings. The fraction of sp³-hybridized carbons (Fsp3) is 0.304. The summed E-state index contributed by atoms with van der Waals surface area (Å²) in [6, 6.07) is 11.4. The summed E-state index contributed by atoms with van der Waals surface area (Å²) in [5.74, 6) is 0.935. The summed E-state index contributed by atoms with van der Waals surface area (Å²) in [6.45, 7) is 3.98. The molecule has 2 amide bonds. The maximum Gasteiger partial charge on any atom is 0.251 e. The lowest BCUT2D eigenvalue weighted by atomic mass is 10.0. The monoisotopic (exact) mass is 521 g/mol. The summed E-state index contributed by atoms with van der Waals surface area (Å²) in [7, 11) is 3.38. The van der Waals surface area contributed by atoms with Gasteiger partial charge in [0.2, 0.25) is 5.91 Å². The number of carbonyl (C=O) groups is 2. The Hall–Kier alpha value is -2.75. The maximum atomic E-state index is 12.8. The zero-order valence-corrected chi connectivity index (χ0v) is 21.5. The molecule has 2 aromatic carbocycles. The van der Waals surface area contributed by atoms with Crippen molar-refractivity contribution in [3.63, 3.8) is 0 Å².